The molecule has 0 spiro atoms. The van der Waals surface area contributed by atoms with Crippen LogP contribution in [0.5, 0.6) is 0 Å². The quantitative estimate of drug-likeness (QED) is 0.547. The Morgan fingerprint density at radius 1 is 0.970 bits per heavy atom. The Morgan fingerprint density at radius 2 is 1.85 bits per heavy atom. The van der Waals surface area contributed by atoms with E-state index < -0.39 is 0 Å². The molecule has 1 saturated heterocycles. The van der Waals surface area contributed by atoms with E-state index in [0.717, 1.165) is 37.2 Å². The molecular formula is C30H34N2S. The molecule has 0 radical (unpaired) electrons. The first kappa shape index (κ1) is 20.5. The maximum atomic E-state index is 5.00. The smallest absolute Gasteiger partial charge is 0.0986 e. The minimum absolute atomic E-state index is 0.656. The number of hydrogen-bond acceptors (Lipinski definition) is 3. The van der Waals surface area contributed by atoms with Crippen LogP contribution in [0.3, 0.4) is 0 Å². The second kappa shape index (κ2) is 8.43. The zero-order valence-electron chi connectivity index (χ0n) is 19.5. The number of aliphatic imine (C=N–C) groups is 1. The normalized spacial score (nSPS) is 25.7. The average molecular weight is 455 g/mol. The van der Waals surface area contributed by atoms with E-state index in [0.29, 0.717) is 5.92 Å². The Balaban J connectivity index is 1.43. The van der Waals surface area contributed by atoms with E-state index in [4.69, 9.17) is 4.99 Å². The van der Waals surface area contributed by atoms with Gasteiger partial charge in [0.2, 0.25) is 0 Å². The zero-order valence-corrected chi connectivity index (χ0v) is 20.4. The minimum atomic E-state index is 0.656. The van der Waals surface area contributed by atoms with Gasteiger partial charge in [0.15, 0.2) is 0 Å². The number of allylic oxidation sites excluding steroid dienone is 4. The molecule has 3 aliphatic carbocycles. The van der Waals surface area contributed by atoms with Crippen molar-refractivity contribution in [2.75, 3.05) is 25.4 Å². The van der Waals surface area contributed by atoms with Gasteiger partial charge in [-0.05, 0) is 109 Å². The van der Waals surface area contributed by atoms with Crippen LogP contribution >= 0.6 is 11.8 Å². The largest absolute Gasteiger partial charge is 0.317 e. The first-order chi connectivity index (χ1) is 16.4. The molecule has 170 valence electrons. The Labute approximate surface area is 202 Å². The van der Waals surface area contributed by atoms with Crippen molar-refractivity contribution in [1.29, 1.82) is 0 Å². The Morgan fingerprint density at radius 3 is 2.64 bits per heavy atom. The average Bonchev–Trinajstić information content (AvgIpc) is 3.37. The van der Waals surface area contributed by atoms with Crippen LogP contribution in [0.2, 0.25) is 0 Å². The summed E-state index contributed by atoms with van der Waals surface area (Å²) in [5.41, 5.74) is 9.51. The summed E-state index contributed by atoms with van der Waals surface area (Å²) < 4.78 is 0. The minimum Gasteiger partial charge on any atom is -0.317 e. The van der Waals surface area contributed by atoms with E-state index in [1.807, 2.05) is 11.8 Å². The van der Waals surface area contributed by atoms with E-state index in [2.05, 4.69) is 41.7 Å². The van der Waals surface area contributed by atoms with Gasteiger partial charge in [-0.2, -0.15) is 0 Å². The number of nitrogens with zero attached hydrogens (tertiary/aromatic N) is 1. The van der Waals surface area contributed by atoms with Crippen molar-refractivity contribution in [3.8, 4) is 0 Å². The topological polar surface area (TPSA) is 24.4 Å². The van der Waals surface area contributed by atoms with Crippen LogP contribution in [-0.4, -0.2) is 30.4 Å². The van der Waals surface area contributed by atoms with Crippen molar-refractivity contribution in [1.82, 2.24) is 5.32 Å². The summed E-state index contributed by atoms with van der Waals surface area (Å²) in [6, 6.07) is 9.90. The molecule has 2 aromatic rings. The number of nitrogens with one attached hydrogen (secondary N) is 1. The molecule has 2 aliphatic heterocycles. The lowest BCUT2D eigenvalue weighted by molar-refractivity contribution is 0.227. The van der Waals surface area contributed by atoms with Gasteiger partial charge in [-0.3, -0.25) is 4.99 Å². The Bertz CT molecular complexity index is 1190. The fourth-order valence-corrected chi connectivity index (χ4v) is 8.05. The Kier molecular flexibility index (Phi) is 5.24. The van der Waals surface area contributed by atoms with E-state index in [1.165, 1.54) is 78.3 Å². The lowest BCUT2D eigenvalue weighted by atomic mass is 9.64. The highest BCUT2D eigenvalue weighted by Crippen LogP contribution is 2.50. The predicted octanol–water partition coefficient (Wildman–Crippen LogP) is 6.88. The van der Waals surface area contributed by atoms with E-state index in [1.54, 1.807) is 22.3 Å². The van der Waals surface area contributed by atoms with Gasteiger partial charge in [0.25, 0.3) is 0 Å². The van der Waals surface area contributed by atoms with Crippen LogP contribution in [0.1, 0.15) is 73.1 Å². The van der Waals surface area contributed by atoms with Gasteiger partial charge in [0.05, 0.1) is 5.04 Å². The number of rotatable bonds is 3. The van der Waals surface area contributed by atoms with Crippen molar-refractivity contribution < 1.29 is 0 Å². The maximum absolute atomic E-state index is 5.00. The fourth-order valence-electron chi connectivity index (χ4n) is 7.12. The van der Waals surface area contributed by atoms with Gasteiger partial charge in [-0.25, -0.2) is 0 Å². The molecule has 2 nitrogen and oxygen atoms in total. The molecule has 7 rings (SSSR count). The van der Waals surface area contributed by atoms with E-state index in [-0.39, 0.29) is 0 Å². The molecule has 0 bridgehead atoms. The summed E-state index contributed by atoms with van der Waals surface area (Å²) in [5, 5.41) is 7.83. The highest BCUT2D eigenvalue weighted by atomic mass is 32.2. The van der Waals surface area contributed by atoms with Crippen LogP contribution in [0.15, 0.2) is 47.0 Å². The lowest BCUT2D eigenvalue weighted by Gasteiger charge is -2.41. The van der Waals surface area contributed by atoms with E-state index in [9.17, 15) is 0 Å². The summed E-state index contributed by atoms with van der Waals surface area (Å²) in [7, 11) is 0. The lowest BCUT2D eigenvalue weighted by Crippen LogP contribution is -2.29. The monoisotopic (exact) mass is 454 g/mol. The maximum Gasteiger partial charge on any atom is 0.0986 e. The Hall–Kier alpha value is -1.84. The number of hydrogen-bond donors (Lipinski definition) is 1. The SMILES string of the molecule is C1=CC2=C(CC1)C(C1CCC1)Cc1c2ccc2c(C3=NCCS3)c(C3CCNCC3)ccc12. The van der Waals surface area contributed by atoms with Gasteiger partial charge >= 0.3 is 0 Å². The van der Waals surface area contributed by atoms with Crippen molar-refractivity contribution in [2.45, 2.75) is 57.3 Å². The zero-order chi connectivity index (χ0) is 21.8. The number of thioether (sulfide) groups is 1. The summed E-state index contributed by atoms with van der Waals surface area (Å²) in [4.78, 5) is 5.00. The third kappa shape index (κ3) is 3.38. The molecule has 3 heteroatoms. The molecule has 1 unspecified atom stereocenters. The van der Waals surface area contributed by atoms with Crippen molar-refractivity contribution in [3.63, 3.8) is 0 Å². The molecule has 1 N–H and O–H groups in total. The van der Waals surface area contributed by atoms with Gasteiger partial charge in [0, 0.05) is 17.9 Å². The number of fused-ring (bicyclic) bond motifs is 4. The molecule has 1 saturated carbocycles. The summed E-state index contributed by atoms with van der Waals surface area (Å²) >= 11 is 1.98. The molecular weight excluding hydrogens is 420 g/mol. The molecule has 5 aliphatic rings. The summed E-state index contributed by atoms with van der Waals surface area (Å²) in [6.45, 7) is 3.24. The van der Waals surface area contributed by atoms with Crippen molar-refractivity contribution in [2.24, 2.45) is 16.8 Å². The van der Waals surface area contributed by atoms with E-state index >= 15 is 0 Å². The third-order valence-electron chi connectivity index (χ3n) is 9.01. The molecule has 0 amide bonds. The van der Waals surface area contributed by atoms with Gasteiger partial charge in [0.1, 0.15) is 0 Å². The second-order valence-corrected chi connectivity index (χ2v) is 11.7. The first-order valence-electron chi connectivity index (χ1n) is 13.3. The molecule has 2 fully saturated rings. The van der Waals surface area contributed by atoms with Crippen LogP contribution < -0.4 is 5.32 Å². The van der Waals surface area contributed by atoms with Gasteiger partial charge in [-0.15, -0.1) is 11.8 Å². The summed E-state index contributed by atoms with van der Waals surface area (Å²) in [5.74, 6) is 3.47. The van der Waals surface area contributed by atoms with Crippen LogP contribution in [-0.2, 0) is 6.42 Å². The predicted molar refractivity (Wildman–Crippen MR) is 142 cm³/mol. The van der Waals surface area contributed by atoms with Crippen LogP contribution in [0.4, 0.5) is 0 Å². The molecule has 2 heterocycles. The molecule has 33 heavy (non-hydrogen) atoms. The highest BCUT2D eigenvalue weighted by molar-refractivity contribution is 8.14. The standard InChI is InChI=1S/C30H34N2S/c1-2-7-23-22(6-1)24-10-11-26-25(28(24)18-27(23)19-4-3-5-19)9-8-21(20-12-14-31-15-13-20)29(26)30-32-16-17-33-30/h1,6,8-11,19-20,27,31H,2-5,7,12-18H2. The number of benzene rings is 2. The number of piperidine rings is 1. The van der Waals surface area contributed by atoms with Crippen molar-refractivity contribution in [3.05, 3.63) is 64.2 Å². The fraction of sp³-hybridized carbons (Fsp3) is 0.500. The van der Waals surface area contributed by atoms with Gasteiger partial charge < -0.3 is 5.32 Å². The molecule has 1 atom stereocenters. The summed E-state index contributed by atoms with van der Waals surface area (Å²) in [6.07, 6.45) is 15.4. The first-order valence-corrected chi connectivity index (χ1v) is 14.2. The molecule has 2 aromatic carbocycles. The van der Waals surface area contributed by atoms with Crippen LogP contribution in [0.25, 0.3) is 16.3 Å². The highest BCUT2D eigenvalue weighted by Gasteiger charge is 2.36. The third-order valence-corrected chi connectivity index (χ3v) is 10.0. The van der Waals surface area contributed by atoms with Crippen molar-refractivity contribution >= 4 is 33.2 Å². The van der Waals surface area contributed by atoms with Crippen LogP contribution in [0, 0.1) is 11.8 Å². The second-order valence-electron chi connectivity index (χ2n) is 10.7. The molecule has 0 aromatic heterocycles. The van der Waals surface area contributed by atoms with Gasteiger partial charge in [-0.1, -0.05) is 48.4 Å².